The van der Waals surface area contributed by atoms with Crippen LogP contribution in [0.3, 0.4) is 0 Å². The lowest BCUT2D eigenvalue weighted by Gasteiger charge is -2.32. The van der Waals surface area contributed by atoms with Gasteiger partial charge in [0.15, 0.2) is 11.6 Å². The summed E-state index contributed by atoms with van der Waals surface area (Å²) in [6, 6.07) is 4.23. The summed E-state index contributed by atoms with van der Waals surface area (Å²) in [5.41, 5.74) is 1.37. The summed E-state index contributed by atoms with van der Waals surface area (Å²) in [4.78, 5) is 199. The highest BCUT2D eigenvalue weighted by molar-refractivity contribution is 8.00. The number of thioether (sulfide) groups is 1. The molecule has 0 radical (unpaired) electrons. The third kappa shape index (κ3) is 19.2. The van der Waals surface area contributed by atoms with E-state index in [1.165, 1.54) is 37.7 Å². The lowest BCUT2D eigenvalue weighted by atomic mass is 9.85. The number of hydrogen-bond donors (Lipinski definition) is 13. The predicted molar refractivity (Wildman–Crippen MR) is 348 cm³/mol. The molecule has 14 atom stereocenters. The van der Waals surface area contributed by atoms with Crippen LogP contribution in [0.15, 0.2) is 53.6 Å². The van der Waals surface area contributed by atoms with Gasteiger partial charge in [0.2, 0.25) is 70.9 Å². The number of nitrogens with zero attached hydrogens (tertiary/aromatic N) is 2. The second-order valence-electron chi connectivity index (χ2n) is 25.2. The zero-order valence-electron chi connectivity index (χ0n) is 54.5. The molecular formula is C64H86N12O18S2. The number of aromatic nitrogens is 1. The number of carbonyl (C=O) groups is 14. The third-order valence-corrected chi connectivity index (χ3v) is 20.2. The zero-order chi connectivity index (χ0) is 70.4. The molecule has 522 valence electrons. The van der Waals surface area contributed by atoms with E-state index < -0.39 is 222 Å². The number of aromatic amines is 1. The maximum absolute atomic E-state index is 15.1. The van der Waals surface area contributed by atoms with E-state index >= 15 is 13.8 Å². The maximum Gasteiger partial charge on any atom is 0.246 e. The summed E-state index contributed by atoms with van der Waals surface area (Å²) in [5.74, 6) is -16.8. The molecule has 2 aromatic carbocycles. The number of amides is 12. The normalized spacial score (nSPS) is 25.3. The Morgan fingerprint density at radius 1 is 0.760 bits per heavy atom. The molecule has 30 nitrogen and oxygen atoms in total. The summed E-state index contributed by atoms with van der Waals surface area (Å²) in [5, 5.41) is 55.5. The maximum atomic E-state index is 15.1. The molecule has 0 aliphatic carbocycles. The zero-order valence-corrected chi connectivity index (χ0v) is 56.1. The van der Waals surface area contributed by atoms with Crippen molar-refractivity contribution < 1.29 is 86.7 Å². The van der Waals surface area contributed by atoms with Crippen LogP contribution in [0.4, 0.5) is 5.69 Å². The number of likely N-dealkylation sites (tertiary alicyclic amines) is 1. The largest absolute Gasteiger partial charge is 0.394 e. The summed E-state index contributed by atoms with van der Waals surface area (Å²) in [6.45, 7) is 6.32. The van der Waals surface area contributed by atoms with Gasteiger partial charge in [0, 0.05) is 86.6 Å². The number of carbonyl (C=O) groups excluding carboxylic acids is 14. The van der Waals surface area contributed by atoms with Crippen molar-refractivity contribution in [3.8, 4) is 0 Å². The van der Waals surface area contributed by atoms with Crippen molar-refractivity contribution in [1.29, 1.82) is 0 Å². The van der Waals surface area contributed by atoms with E-state index in [9.17, 15) is 72.9 Å². The number of Topliss-reactive ketones (excluding diaryl/α,β-unsaturated/α-hetero) is 2. The molecule has 12 amide bonds. The lowest BCUT2D eigenvalue weighted by Crippen LogP contribution is -2.56. The fourth-order valence-corrected chi connectivity index (χ4v) is 13.9. The number of fused-ring (bicyclic) bond motifs is 5. The molecule has 0 saturated carbocycles. The van der Waals surface area contributed by atoms with Crippen LogP contribution in [0.25, 0.3) is 10.9 Å². The molecule has 4 aliphatic heterocycles. The summed E-state index contributed by atoms with van der Waals surface area (Å²) >= 11 is 1.24. The first kappa shape index (κ1) is 74.9. The molecule has 0 spiro atoms. The Labute approximate surface area is 560 Å². The van der Waals surface area contributed by atoms with Crippen molar-refractivity contribution in [2.24, 2.45) is 29.6 Å². The highest BCUT2D eigenvalue weighted by atomic mass is 32.2. The Kier molecular flexibility index (Phi) is 26.5. The molecule has 2 bridgehead atoms. The molecule has 32 heteroatoms. The summed E-state index contributed by atoms with van der Waals surface area (Å²) in [7, 11) is -2.33. The number of para-hydroxylation sites is 1. The second-order valence-corrected chi connectivity index (χ2v) is 27.6. The SMILES string of the molecule is CC[C@H](C)[C@@H]1NC(=O)CNC(=O)[C@H]2CC(=O)[C@H]([C@@H](C)[C@@H](O)CO)NC(=O)[C@@H]3C[C@@H](O)CN3C(=O)[C@H](CC(=O)NCc3ccc(NC(=O)[C@H](C)NC(=O)C(NC(=O)CCN4C(=O)CC(SC)C4=O)C(C)C)cc3)CC(=O)[C@H](CS(=O)c3[nH]c4ccccc4c3C2)NC(=O)CNC1=O. The van der Waals surface area contributed by atoms with Gasteiger partial charge in [-0.3, -0.25) is 76.2 Å². The molecule has 7 rings (SSSR count). The lowest BCUT2D eigenvalue weighted by molar-refractivity contribution is -0.145. The Morgan fingerprint density at radius 3 is 2.09 bits per heavy atom. The van der Waals surface area contributed by atoms with E-state index in [1.54, 1.807) is 70.3 Å². The minimum atomic E-state index is -2.33. The number of aliphatic hydroxyl groups excluding tert-OH is 3. The molecular weight excluding hydrogens is 1290 g/mol. The third-order valence-electron chi connectivity index (χ3n) is 17.8. The number of anilines is 1. The molecule has 5 heterocycles. The van der Waals surface area contributed by atoms with Crippen LogP contribution in [0, 0.1) is 29.6 Å². The number of rotatable bonds is 19. The van der Waals surface area contributed by atoms with Crippen molar-refractivity contribution in [2.75, 3.05) is 50.1 Å². The Bertz CT molecular complexity index is 3490. The van der Waals surface area contributed by atoms with Gasteiger partial charge in [-0.25, -0.2) is 0 Å². The van der Waals surface area contributed by atoms with Crippen LogP contribution in [0.1, 0.15) is 97.6 Å². The van der Waals surface area contributed by atoms with Crippen LogP contribution < -0.4 is 47.9 Å². The molecule has 13 N–H and O–H groups in total. The molecule has 3 aromatic rings. The Balaban J connectivity index is 1.14. The van der Waals surface area contributed by atoms with E-state index in [-0.39, 0.29) is 60.4 Å². The first-order chi connectivity index (χ1) is 45.5. The minimum Gasteiger partial charge on any atom is -0.394 e. The van der Waals surface area contributed by atoms with Crippen molar-refractivity contribution in [2.45, 2.75) is 158 Å². The van der Waals surface area contributed by atoms with E-state index in [0.717, 1.165) is 9.80 Å². The quantitative estimate of drug-likeness (QED) is 0.0569. The van der Waals surface area contributed by atoms with E-state index in [1.807, 2.05) is 0 Å². The van der Waals surface area contributed by atoms with Gasteiger partial charge in [0.25, 0.3) is 0 Å². The molecule has 3 unspecified atom stereocenters. The van der Waals surface area contributed by atoms with Crippen molar-refractivity contribution >= 4 is 122 Å². The van der Waals surface area contributed by atoms with Crippen LogP contribution >= 0.6 is 11.8 Å². The standard InChI is InChI=1S/C64H86N12O18S2/c1-8-32(4)55-60(90)67-26-51(84)70-43-30-96(94)62-41(40-11-9-10-12-42(40)71-62)19-36(58(88)66-27-52(85)73-55)20-46(80)56(33(5)47(81)29-77)74-59(89)44-23-39(78)28-76(44)63(92)37(21-45(43)79)22-50(83)65-25-35-13-15-38(16-14-35)69-57(87)34(6)68-61(91)54(31(2)3)72-49(82)17-18-75-53(86)24-48(95-7)64(75)93/h9-16,31-34,36-37,39,43-44,47-48,54-56,71,77-78,81H,8,17-30H2,1-7H3,(H,65,83)(H,66,88)(H,67,90)(H,68,91)(H,69,87)(H,70,84)(H,72,82)(H,73,85)(H,74,89)/t32-,33-,34-,36+,37-,39+,43-,44-,47-,48?,54?,55-,56-,96?/m0/s1. The van der Waals surface area contributed by atoms with Gasteiger partial charge in [0.1, 0.15) is 29.2 Å². The average Bonchev–Trinajstić information content (AvgIpc) is 1.62. The van der Waals surface area contributed by atoms with E-state index in [2.05, 4.69) is 52.8 Å². The monoisotopic (exact) mass is 1370 g/mol. The van der Waals surface area contributed by atoms with Gasteiger partial charge in [-0.1, -0.05) is 71.4 Å². The van der Waals surface area contributed by atoms with Crippen LogP contribution in [0.5, 0.6) is 0 Å². The number of aliphatic hydroxyl groups is 3. The van der Waals surface area contributed by atoms with Crippen molar-refractivity contribution in [3.63, 3.8) is 0 Å². The number of hydrogen-bond acceptors (Lipinski definition) is 19. The first-order valence-electron chi connectivity index (χ1n) is 31.9. The van der Waals surface area contributed by atoms with E-state index in [0.29, 0.717) is 22.9 Å². The fraction of sp³-hybridized carbons (Fsp3) is 0.562. The van der Waals surface area contributed by atoms with Crippen LogP contribution in [0.2, 0.25) is 0 Å². The molecule has 4 aliphatic rings. The van der Waals surface area contributed by atoms with Gasteiger partial charge >= 0.3 is 0 Å². The number of H-pyrrole nitrogens is 1. The molecule has 1 aromatic heterocycles. The van der Waals surface area contributed by atoms with Gasteiger partial charge < -0.3 is 73.1 Å². The smallest absolute Gasteiger partial charge is 0.246 e. The number of imide groups is 1. The van der Waals surface area contributed by atoms with Crippen LogP contribution in [-0.4, -0.2) is 215 Å². The van der Waals surface area contributed by atoms with Gasteiger partial charge in [0.05, 0.1) is 71.7 Å². The number of benzene rings is 2. The fourth-order valence-electron chi connectivity index (χ4n) is 11.9. The van der Waals surface area contributed by atoms with Crippen molar-refractivity contribution in [1.82, 2.24) is 57.3 Å². The Morgan fingerprint density at radius 2 is 1.44 bits per heavy atom. The van der Waals surface area contributed by atoms with Gasteiger partial charge in [-0.15, -0.1) is 0 Å². The van der Waals surface area contributed by atoms with Gasteiger partial charge in [-0.2, -0.15) is 11.8 Å². The first-order valence-corrected chi connectivity index (χ1v) is 34.5. The summed E-state index contributed by atoms with van der Waals surface area (Å²) < 4.78 is 15.0. The molecule has 96 heavy (non-hydrogen) atoms. The number of ketones is 2. The van der Waals surface area contributed by atoms with E-state index in [4.69, 9.17) is 0 Å². The predicted octanol–water partition coefficient (Wildman–Crippen LogP) is -2.15. The van der Waals surface area contributed by atoms with Gasteiger partial charge in [-0.05, 0) is 60.8 Å². The van der Waals surface area contributed by atoms with Crippen molar-refractivity contribution in [3.05, 3.63) is 59.7 Å². The number of nitrogens with one attached hydrogen (secondary N) is 10. The molecule has 2 saturated heterocycles. The second kappa shape index (κ2) is 34.0. The minimum absolute atomic E-state index is 0.0377. The highest BCUT2D eigenvalue weighted by Crippen LogP contribution is 2.32. The summed E-state index contributed by atoms with van der Waals surface area (Å²) in [6.07, 6.45) is -4.30. The van der Waals surface area contributed by atoms with Crippen LogP contribution in [-0.2, 0) is 90.9 Å². The Hall–Kier alpha value is -8.46. The average molecular weight is 1380 g/mol. The molecule has 2 fully saturated rings. The highest BCUT2D eigenvalue weighted by Gasteiger charge is 2.46. The topological polar surface area (TPSA) is 447 Å².